The predicted molar refractivity (Wildman–Crippen MR) is 291 cm³/mol. The van der Waals surface area contributed by atoms with Crippen LogP contribution in [0, 0.1) is 0 Å². The number of rotatable bonds is 5. The summed E-state index contributed by atoms with van der Waals surface area (Å²) in [6.07, 6.45) is 0. The van der Waals surface area contributed by atoms with E-state index >= 15 is 0 Å². The lowest BCUT2D eigenvalue weighted by atomic mass is 9.82. The first-order valence-corrected chi connectivity index (χ1v) is 24.2. The van der Waals surface area contributed by atoms with E-state index in [0.717, 1.165) is 44.7 Å². The molecule has 0 amide bonds. The van der Waals surface area contributed by atoms with Crippen LogP contribution in [0.3, 0.4) is 0 Å². The van der Waals surface area contributed by atoms with Crippen molar-refractivity contribution in [2.45, 2.75) is 19.3 Å². The van der Waals surface area contributed by atoms with Crippen LogP contribution in [0.2, 0.25) is 0 Å². The zero-order valence-corrected chi connectivity index (χ0v) is 38.6. The molecule has 328 valence electrons. The second-order valence-electron chi connectivity index (χ2n) is 19.4. The number of aromatic nitrogens is 5. The summed E-state index contributed by atoms with van der Waals surface area (Å²) in [4.78, 5) is 10.9. The van der Waals surface area contributed by atoms with E-state index in [1.54, 1.807) is 0 Å². The minimum atomic E-state index is -0.118. The molecule has 0 radical (unpaired) electrons. The van der Waals surface area contributed by atoms with Crippen molar-refractivity contribution in [1.29, 1.82) is 0 Å². The number of nitrogens with zero attached hydrogens (tertiary/aromatic N) is 5. The lowest BCUT2D eigenvalue weighted by molar-refractivity contribution is 0.661. The largest absolute Gasteiger partial charge is 0.309 e. The molecule has 0 fully saturated rings. The van der Waals surface area contributed by atoms with Gasteiger partial charge in [-0.25, -0.2) is 9.97 Å². The van der Waals surface area contributed by atoms with Crippen molar-refractivity contribution < 1.29 is 0 Å². The maximum atomic E-state index is 5.56. The fourth-order valence-corrected chi connectivity index (χ4v) is 12.0. The topological polar surface area (TPSA) is 40.6 Å². The highest BCUT2D eigenvalue weighted by Crippen LogP contribution is 2.51. The van der Waals surface area contributed by atoms with Gasteiger partial charge in [0, 0.05) is 60.1 Å². The van der Waals surface area contributed by atoms with Crippen LogP contribution in [0.25, 0.3) is 127 Å². The quantitative estimate of drug-likeness (QED) is 0.173. The molecule has 5 nitrogen and oxygen atoms in total. The summed E-state index contributed by atoms with van der Waals surface area (Å²) in [5, 5.41) is 8.32. The Kier molecular flexibility index (Phi) is 8.06. The maximum absolute atomic E-state index is 5.56. The highest BCUT2D eigenvalue weighted by atomic mass is 15.1. The first-order valence-electron chi connectivity index (χ1n) is 24.2. The average Bonchev–Trinajstić information content (AvgIpc) is 4.11. The van der Waals surface area contributed by atoms with Gasteiger partial charge in [0.15, 0.2) is 5.82 Å². The van der Waals surface area contributed by atoms with Gasteiger partial charge in [-0.1, -0.05) is 147 Å². The van der Waals surface area contributed by atoms with E-state index < -0.39 is 0 Å². The zero-order valence-electron chi connectivity index (χ0n) is 38.6. The van der Waals surface area contributed by atoms with Crippen molar-refractivity contribution in [2.24, 2.45) is 0 Å². The molecule has 0 spiro atoms. The van der Waals surface area contributed by atoms with Crippen LogP contribution in [-0.4, -0.2) is 23.7 Å². The third-order valence-corrected chi connectivity index (χ3v) is 15.2. The third-order valence-electron chi connectivity index (χ3n) is 15.2. The number of fused-ring (bicyclic) bond motifs is 13. The van der Waals surface area contributed by atoms with Gasteiger partial charge in [0.1, 0.15) is 5.82 Å². The summed E-state index contributed by atoms with van der Waals surface area (Å²) < 4.78 is 7.14. The molecule has 5 heteroatoms. The van der Waals surface area contributed by atoms with E-state index in [2.05, 4.69) is 252 Å². The third kappa shape index (κ3) is 5.48. The highest BCUT2D eigenvalue weighted by molar-refractivity contribution is 6.14. The summed E-state index contributed by atoms with van der Waals surface area (Å²) in [5.41, 5.74) is 18.7. The Bertz CT molecular complexity index is 4510. The minimum absolute atomic E-state index is 0.118. The Morgan fingerprint density at radius 1 is 0.314 bits per heavy atom. The number of hydrogen-bond acceptors (Lipinski definition) is 2. The van der Waals surface area contributed by atoms with E-state index in [1.807, 2.05) is 0 Å². The lowest BCUT2D eigenvalue weighted by Gasteiger charge is -2.21. The molecule has 10 aromatic carbocycles. The molecule has 0 saturated carbocycles. The van der Waals surface area contributed by atoms with Crippen molar-refractivity contribution in [3.8, 4) is 50.8 Å². The molecule has 14 aromatic rings. The number of para-hydroxylation sites is 5. The molecule has 1 aliphatic carbocycles. The van der Waals surface area contributed by atoms with Crippen LogP contribution in [0.1, 0.15) is 25.0 Å². The predicted octanol–water partition coefficient (Wildman–Crippen LogP) is 16.6. The van der Waals surface area contributed by atoms with Crippen LogP contribution >= 0.6 is 0 Å². The molecule has 0 N–H and O–H groups in total. The Labute approximate surface area is 403 Å². The standard InChI is InChI=1S/C65H43N5/c1-65(2)54-26-11-6-21-45(54)50-38-53-48-24-9-14-29-58(48)69(62(53)39-55(50)65)44-20-16-17-42(35-44)63-66-56-27-12-7-25-49(56)64(67-63)70-59-30-15-10-23-47(59)52-37-41(32-34-61(52)70)40-31-33-60-51(36-40)46-22-8-13-28-57(46)68(60)43-18-4-3-5-19-43/h3-39H,1-2H3. The molecule has 15 rings (SSSR count). The van der Waals surface area contributed by atoms with E-state index in [9.17, 15) is 0 Å². The van der Waals surface area contributed by atoms with E-state index in [1.165, 1.54) is 87.8 Å². The highest BCUT2D eigenvalue weighted by Gasteiger charge is 2.36. The molecule has 4 aromatic heterocycles. The molecule has 0 saturated heterocycles. The maximum Gasteiger partial charge on any atom is 0.162 e. The van der Waals surface area contributed by atoms with Crippen LogP contribution in [0.15, 0.2) is 224 Å². The molecule has 1 aliphatic rings. The molecule has 0 bridgehead atoms. The van der Waals surface area contributed by atoms with Gasteiger partial charge in [-0.05, 0) is 124 Å². The molecule has 0 atom stereocenters. The second kappa shape index (κ2) is 14.5. The van der Waals surface area contributed by atoms with Gasteiger partial charge in [0.05, 0.1) is 38.6 Å². The van der Waals surface area contributed by atoms with Crippen molar-refractivity contribution >= 4 is 76.3 Å². The van der Waals surface area contributed by atoms with Crippen LogP contribution in [0.4, 0.5) is 0 Å². The van der Waals surface area contributed by atoms with Crippen LogP contribution < -0.4 is 0 Å². The Hall–Kier alpha value is -9.06. The number of benzene rings is 10. The molecular weight excluding hydrogens is 851 g/mol. The SMILES string of the molecule is CC1(C)c2ccccc2-c2cc3c4ccccc4n(-c4cccc(-c5nc(-n6c7ccccc7c7cc(-c8ccc9c(c8)c8ccccc8n9-c8ccccc8)ccc76)c6ccccc6n5)c4)c3cc21. The van der Waals surface area contributed by atoms with Gasteiger partial charge < -0.3 is 9.13 Å². The summed E-state index contributed by atoms with van der Waals surface area (Å²) in [6, 6.07) is 81.7. The average molecular weight is 894 g/mol. The van der Waals surface area contributed by atoms with Crippen molar-refractivity contribution in [3.05, 3.63) is 236 Å². The van der Waals surface area contributed by atoms with Crippen molar-refractivity contribution in [1.82, 2.24) is 23.7 Å². The molecule has 0 aliphatic heterocycles. The summed E-state index contributed by atoms with van der Waals surface area (Å²) >= 11 is 0. The molecular formula is C65H43N5. The smallest absolute Gasteiger partial charge is 0.162 e. The van der Waals surface area contributed by atoms with Crippen LogP contribution in [0.5, 0.6) is 0 Å². The van der Waals surface area contributed by atoms with E-state index in [0.29, 0.717) is 5.82 Å². The van der Waals surface area contributed by atoms with E-state index in [4.69, 9.17) is 9.97 Å². The second-order valence-corrected chi connectivity index (χ2v) is 19.4. The fourth-order valence-electron chi connectivity index (χ4n) is 12.0. The molecule has 70 heavy (non-hydrogen) atoms. The normalized spacial score (nSPS) is 13.1. The minimum Gasteiger partial charge on any atom is -0.309 e. The first kappa shape index (κ1) is 39.0. The Morgan fingerprint density at radius 3 is 1.54 bits per heavy atom. The lowest BCUT2D eigenvalue weighted by Crippen LogP contribution is -2.14. The molecule has 4 heterocycles. The number of hydrogen-bond donors (Lipinski definition) is 0. The van der Waals surface area contributed by atoms with E-state index in [-0.39, 0.29) is 5.41 Å². The summed E-state index contributed by atoms with van der Waals surface area (Å²) in [6.45, 7) is 4.71. The Balaban J connectivity index is 0.891. The van der Waals surface area contributed by atoms with Gasteiger partial charge in [-0.3, -0.25) is 4.57 Å². The molecule has 0 unspecified atom stereocenters. The van der Waals surface area contributed by atoms with Crippen molar-refractivity contribution in [2.75, 3.05) is 0 Å². The van der Waals surface area contributed by atoms with Gasteiger partial charge in [-0.2, -0.15) is 0 Å². The Morgan fingerprint density at radius 2 is 0.843 bits per heavy atom. The monoisotopic (exact) mass is 893 g/mol. The fraction of sp³-hybridized carbons (Fsp3) is 0.0462. The van der Waals surface area contributed by atoms with Crippen LogP contribution in [-0.2, 0) is 5.41 Å². The van der Waals surface area contributed by atoms with Gasteiger partial charge in [0.25, 0.3) is 0 Å². The van der Waals surface area contributed by atoms with Gasteiger partial charge >= 0.3 is 0 Å². The summed E-state index contributed by atoms with van der Waals surface area (Å²) in [7, 11) is 0. The van der Waals surface area contributed by atoms with Crippen molar-refractivity contribution in [3.63, 3.8) is 0 Å². The van der Waals surface area contributed by atoms with Gasteiger partial charge in [0.2, 0.25) is 0 Å². The van der Waals surface area contributed by atoms with Gasteiger partial charge in [-0.15, -0.1) is 0 Å². The first-order chi connectivity index (χ1) is 34.5. The summed E-state index contributed by atoms with van der Waals surface area (Å²) in [5.74, 6) is 1.54. The zero-order chi connectivity index (χ0) is 46.2.